The molecule has 0 saturated heterocycles. The molecule has 0 amide bonds. The first-order valence-corrected chi connectivity index (χ1v) is 5.22. The molecule has 1 N–H and O–H groups in total. The molecule has 0 radical (unpaired) electrons. The molecule has 0 spiro atoms. The second-order valence-electron chi connectivity index (χ2n) is 3.75. The molecule has 1 aliphatic rings. The summed E-state index contributed by atoms with van der Waals surface area (Å²) in [4.78, 5) is 0. The molecule has 0 bridgehead atoms. The minimum absolute atomic E-state index is 0.219. The van der Waals surface area contributed by atoms with E-state index in [1.807, 2.05) is 0 Å². The van der Waals surface area contributed by atoms with Gasteiger partial charge >= 0.3 is 0 Å². The molecule has 82 valence electrons. The highest BCUT2D eigenvalue weighted by Gasteiger charge is 2.15. The summed E-state index contributed by atoms with van der Waals surface area (Å²) in [5, 5.41) is 8.82. The summed E-state index contributed by atoms with van der Waals surface area (Å²) in [5.41, 5.74) is 3.64. The number of benzene rings is 1. The molecule has 0 saturated carbocycles. The predicted molar refractivity (Wildman–Crippen MR) is 56.9 cm³/mol. The second-order valence-corrected chi connectivity index (χ2v) is 3.75. The fraction of sp³-hybridized carbons (Fsp3) is 0.500. The second kappa shape index (κ2) is 4.64. The van der Waals surface area contributed by atoms with Crippen molar-refractivity contribution in [1.29, 1.82) is 0 Å². The SMILES string of the molecule is COc1cc2c(cc1CCCO)COC2. The van der Waals surface area contributed by atoms with Crippen LogP contribution in [0.3, 0.4) is 0 Å². The fourth-order valence-electron chi connectivity index (χ4n) is 1.91. The summed E-state index contributed by atoms with van der Waals surface area (Å²) in [7, 11) is 1.68. The van der Waals surface area contributed by atoms with Gasteiger partial charge in [-0.2, -0.15) is 0 Å². The molecular weight excluding hydrogens is 192 g/mol. The first kappa shape index (κ1) is 10.5. The Morgan fingerprint density at radius 2 is 2.07 bits per heavy atom. The molecule has 2 rings (SSSR count). The topological polar surface area (TPSA) is 38.7 Å². The van der Waals surface area contributed by atoms with Gasteiger partial charge in [0.05, 0.1) is 20.3 Å². The quantitative estimate of drug-likeness (QED) is 0.817. The van der Waals surface area contributed by atoms with Crippen LogP contribution >= 0.6 is 0 Å². The monoisotopic (exact) mass is 208 g/mol. The van der Waals surface area contributed by atoms with Crippen LogP contribution in [0.4, 0.5) is 0 Å². The maximum Gasteiger partial charge on any atom is 0.122 e. The Hall–Kier alpha value is -1.06. The van der Waals surface area contributed by atoms with Gasteiger partial charge < -0.3 is 14.6 Å². The van der Waals surface area contributed by atoms with Gasteiger partial charge in [-0.15, -0.1) is 0 Å². The van der Waals surface area contributed by atoms with Crippen LogP contribution in [-0.4, -0.2) is 18.8 Å². The molecule has 0 fully saturated rings. The fourth-order valence-corrected chi connectivity index (χ4v) is 1.91. The summed E-state index contributed by atoms with van der Waals surface area (Å²) >= 11 is 0. The van der Waals surface area contributed by atoms with Crippen LogP contribution in [0.25, 0.3) is 0 Å². The molecular formula is C12H16O3. The number of ether oxygens (including phenoxy) is 2. The average molecular weight is 208 g/mol. The van der Waals surface area contributed by atoms with Gasteiger partial charge in [-0.25, -0.2) is 0 Å². The van der Waals surface area contributed by atoms with Crippen molar-refractivity contribution in [3.05, 3.63) is 28.8 Å². The molecule has 15 heavy (non-hydrogen) atoms. The molecule has 0 unspecified atom stereocenters. The maximum atomic E-state index is 8.82. The van der Waals surface area contributed by atoms with Crippen LogP contribution in [0.1, 0.15) is 23.1 Å². The van der Waals surface area contributed by atoms with E-state index in [1.165, 1.54) is 11.1 Å². The molecule has 1 aliphatic heterocycles. The van der Waals surface area contributed by atoms with Gasteiger partial charge in [0.2, 0.25) is 0 Å². The molecule has 3 nitrogen and oxygen atoms in total. The van der Waals surface area contributed by atoms with Crippen molar-refractivity contribution >= 4 is 0 Å². The van der Waals surface area contributed by atoms with Crippen molar-refractivity contribution in [3.63, 3.8) is 0 Å². The van der Waals surface area contributed by atoms with Gasteiger partial charge in [-0.05, 0) is 41.7 Å². The average Bonchev–Trinajstić information content (AvgIpc) is 2.71. The third kappa shape index (κ3) is 2.13. The van der Waals surface area contributed by atoms with E-state index in [1.54, 1.807) is 7.11 Å². The molecule has 0 atom stereocenters. The summed E-state index contributed by atoms with van der Waals surface area (Å²) in [6.07, 6.45) is 1.63. The number of aliphatic hydroxyl groups is 1. The van der Waals surface area contributed by atoms with Crippen molar-refractivity contribution in [2.45, 2.75) is 26.1 Å². The molecule has 1 heterocycles. The summed E-state index contributed by atoms with van der Waals surface area (Å²) in [6, 6.07) is 4.19. The van der Waals surface area contributed by atoms with Crippen LogP contribution in [0.2, 0.25) is 0 Å². The first-order valence-electron chi connectivity index (χ1n) is 5.22. The third-order valence-electron chi connectivity index (χ3n) is 2.72. The minimum Gasteiger partial charge on any atom is -0.496 e. The lowest BCUT2D eigenvalue weighted by atomic mass is 10.0. The lowest BCUT2D eigenvalue weighted by molar-refractivity contribution is 0.134. The highest BCUT2D eigenvalue weighted by Crippen LogP contribution is 2.29. The van der Waals surface area contributed by atoms with Crippen molar-refractivity contribution in [2.24, 2.45) is 0 Å². The third-order valence-corrected chi connectivity index (χ3v) is 2.72. The number of hydrogen-bond donors (Lipinski definition) is 1. The number of rotatable bonds is 4. The lowest BCUT2D eigenvalue weighted by Crippen LogP contribution is -1.97. The highest BCUT2D eigenvalue weighted by atomic mass is 16.5. The van der Waals surface area contributed by atoms with Crippen LogP contribution in [0, 0.1) is 0 Å². The Morgan fingerprint density at radius 1 is 1.33 bits per heavy atom. The van der Waals surface area contributed by atoms with E-state index in [0.29, 0.717) is 13.2 Å². The van der Waals surface area contributed by atoms with Crippen LogP contribution in [0.15, 0.2) is 12.1 Å². The minimum atomic E-state index is 0.219. The van der Waals surface area contributed by atoms with Crippen LogP contribution in [-0.2, 0) is 24.4 Å². The van der Waals surface area contributed by atoms with Gasteiger partial charge in [0.15, 0.2) is 0 Å². The number of hydrogen-bond acceptors (Lipinski definition) is 3. The van der Waals surface area contributed by atoms with E-state index in [0.717, 1.165) is 24.2 Å². The Balaban J connectivity index is 2.27. The number of methoxy groups -OCH3 is 1. The smallest absolute Gasteiger partial charge is 0.122 e. The number of aliphatic hydroxyl groups excluding tert-OH is 1. The molecule has 0 aromatic heterocycles. The van der Waals surface area contributed by atoms with E-state index in [-0.39, 0.29) is 6.61 Å². The molecule has 1 aromatic rings. The highest BCUT2D eigenvalue weighted by molar-refractivity contribution is 5.43. The van der Waals surface area contributed by atoms with Crippen molar-refractivity contribution in [1.82, 2.24) is 0 Å². The predicted octanol–water partition coefficient (Wildman–Crippen LogP) is 1.65. The Morgan fingerprint density at radius 3 is 2.73 bits per heavy atom. The van der Waals surface area contributed by atoms with Gasteiger partial charge in [-0.3, -0.25) is 0 Å². The maximum absolute atomic E-state index is 8.82. The van der Waals surface area contributed by atoms with Gasteiger partial charge in [0, 0.05) is 6.61 Å². The van der Waals surface area contributed by atoms with Gasteiger partial charge in [0.25, 0.3) is 0 Å². The van der Waals surface area contributed by atoms with E-state index >= 15 is 0 Å². The van der Waals surface area contributed by atoms with E-state index in [9.17, 15) is 0 Å². The standard InChI is InChI=1S/C12H16O3/c1-14-12-6-11-8-15-7-10(11)5-9(12)3-2-4-13/h5-6,13H,2-4,7-8H2,1H3. The Labute approximate surface area is 89.6 Å². The zero-order valence-corrected chi connectivity index (χ0v) is 8.95. The van der Waals surface area contributed by atoms with Gasteiger partial charge in [0.1, 0.15) is 5.75 Å². The van der Waals surface area contributed by atoms with E-state index in [4.69, 9.17) is 14.6 Å². The molecule has 1 aromatic carbocycles. The van der Waals surface area contributed by atoms with Crippen molar-refractivity contribution in [3.8, 4) is 5.75 Å². The van der Waals surface area contributed by atoms with E-state index < -0.39 is 0 Å². The zero-order chi connectivity index (χ0) is 10.7. The summed E-state index contributed by atoms with van der Waals surface area (Å²) in [6.45, 7) is 1.61. The van der Waals surface area contributed by atoms with Crippen molar-refractivity contribution < 1.29 is 14.6 Å². The summed E-state index contributed by atoms with van der Waals surface area (Å²) in [5.74, 6) is 0.910. The summed E-state index contributed by atoms with van der Waals surface area (Å²) < 4.78 is 10.7. The normalized spacial score (nSPS) is 14.0. The lowest BCUT2D eigenvalue weighted by Gasteiger charge is -2.10. The van der Waals surface area contributed by atoms with E-state index in [2.05, 4.69) is 12.1 Å². The molecule has 0 aliphatic carbocycles. The Kier molecular flexibility index (Phi) is 3.23. The number of aryl methyl sites for hydroxylation is 1. The zero-order valence-electron chi connectivity index (χ0n) is 8.95. The van der Waals surface area contributed by atoms with Gasteiger partial charge in [-0.1, -0.05) is 0 Å². The molecule has 3 heteroatoms. The largest absolute Gasteiger partial charge is 0.496 e. The van der Waals surface area contributed by atoms with Crippen molar-refractivity contribution in [2.75, 3.05) is 13.7 Å². The Bertz CT molecular complexity index is 347. The number of fused-ring (bicyclic) bond motifs is 1. The van der Waals surface area contributed by atoms with Crippen LogP contribution < -0.4 is 4.74 Å². The first-order chi connectivity index (χ1) is 7.35. The van der Waals surface area contributed by atoms with Crippen LogP contribution in [0.5, 0.6) is 5.75 Å².